The Morgan fingerprint density at radius 2 is 2.11 bits per heavy atom. The molecule has 2 atom stereocenters. The third kappa shape index (κ3) is 3.98. The van der Waals surface area contributed by atoms with Crippen LogP contribution < -0.4 is 5.73 Å². The van der Waals surface area contributed by atoms with Gasteiger partial charge in [-0.05, 0) is 69.1 Å². The third-order valence-electron chi connectivity index (χ3n) is 4.27. The van der Waals surface area contributed by atoms with Gasteiger partial charge in [0, 0.05) is 17.5 Å². The molecule has 2 N–H and O–H groups in total. The summed E-state index contributed by atoms with van der Waals surface area (Å²) < 4.78 is 0. The minimum atomic E-state index is 0.525. The van der Waals surface area contributed by atoms with Crippen molar-refractivity contribution in [3.8, 4) is 0 Å². The average molecular weight is 278 g/mol. The zero-order chi connectivity index (χ0) is 13.7. The quantitative estimate of drug-likeness (QED) is 0.836. The normalized spacial score (nSPS) is 22.4. The molecule has 1 fully saturated rings. The van der Waals surface area contributed by atoms with Crippen LogP contribution in [-0.2, 0) is 0 Å². The first-order valence-corrected chi connectivity index (χ1v) is 8.55. The number of benzene rings is 1. The Morgan fingerprint density at radius 1 is 1.37 bits per heavy atom. The summed E-state index contributed by atoms with van der Waals surface area (Å²) in [6.45, 7) is 5.60. The molecule has 1 heterocycles. The Bertz CT molecular complexity index is 375. The molecule has 106 valence electrons. The topological polar surface area (TPSA) is 29.3 Å². The molecule has 0 saturated carbocycles. The molecular formula is C16H26N2S. The van der Waals surface area contributed by atoms with Crippen LogP contribution in [0.1, 0.15) is 37.8 Å². The molecule has 2 nitrogen and oxygen atoms in total. The van der Waals surface area contributed by atoms with E-state index in [-0.39, 0.29) is 0 Å². The summed E-state index contributed by atoms with van der Waals surface area (Å²) in [5.74, 6) is 0.798. The molecule has 3 heteroatoms. The first-order chi connectivity index (χ1) is 9.24. The van der Waals surface area contributed by atoms with Crippen LogP contribution in [0.15, 0.2) is 29.2 Å². The van der Waals surface area contributed by atoms with Gasteiger partial charge in [-0.15, -0.1) is 11.8 Å². The number of likely N-dealkylation sites (tertiary alicyclic amines) is 1. The van der Waals surface area contributed by atoms with Crippen molar-refractivity contribution < 1.29 is 0 Å². The lowest BCUT2D eigenvalue weighted by Gasteiger charge is -2.37. The Balaban J connectivity index is 1.99. The summed E-state index contributed by atoms with van der Waals surface area (Å²) >= 11 is 1.80. The number of piperidine rings is 1. The zero-order valence-corrected chi connectivity index (χ0v) is 13.0. The lowest BCUT2D eigenvalue weighted by Crippen LogP contribution is -2.37. The van der Waals surface area contributed by atoms with Gasteiger partial charge in [0.15, 0.2) is 0 Å². The van der Waals surface area contributed by atoms with E-state index in [1.54, 1.807) is 11.8 Å². The first-order valence-electron chi connectivity index (χ1n) is 7.32. The average Bonchev–Trinajstić information content (AvgIpc) is 2.47. The molecule has 1 aliphatic rings. The maximum atomic E-state index is 5.70. The minimum absolute atomic E-state index is 0.525. The lowest BCUT2D eigenvalue weighted by molar-refractivity contribution is 0.128. The van der Waals surface area contributed by atoms with Crippen molar-refractivity contribution in [2.75, 3.05) is 25.9 Å². The highest BCUT2D eigenvalue weighted by atomic mass is 32.2. The van der Waals surface area contributed by atoms with Crippen molar-refractivity contribution >= 4 is 11.8 Å². The summed E-state index contributed by atoms with van der Waals surface area (Å²) in [6.07, 6.45) is 5.97. The van der Waals surface area contributed by atoms with Crippen molar-refractivity contribution in [2.45, 2.75) is 37.1 Å². The van der Waals surface area contributed by atoms with E-state index in [9.17, 15) is 0 Å². The predicted octanol–water partition coefficient (Wildman–Crippen LogP) is 3.53. The molecule has 0 spiro atoms. The summed E-state index contributed by atoms with van der Waals surface area (Å²) in [7, 11) is 0. The van der Waals surface area contributed by atoms with Crippen LogP contribution >= 0.6 is 11.8 Å². The van der Waals surface area contributed by atoms with Gasteiger partial charge in [-0.1, -0.05) is 12.1 Å². The van der Waals surface area contributed by atoms with Gasteiger partial charge in [-0.2, -0.15) is 0 Å². The van der Waals surface area contributed by atoms with Crippen molar-refractivity contribution in [1.82, 2.24) is 4.90 Å². The number of hydrogen-bond donors (Lipinski definition) is 1. The molecule has 0 aliphatic carbocycles. The van der Waals surface area contributed by atoms with E-state index in [2.05, 4.69) is 42.3 Å². The highest BCUT2D eigenvalue weighted by molar-refractivity contribution is 7.98. The molecule has 0 aromatic heterocycles. The fourth-order valence-electron chi connectivity index (χ4n) is 3.01. The largest absolute Gasteiger partial charge is 0.330 e. The Kier molecular flexibility index (Phi) is 5.74. The second kappa shape index (κ2) is 7.32. The molecule has 0 amide bonds. The number of nitrogens with two attached hydrogens (primary N) is 1. The fraction of sp³-hybridized carbons (Fsp3) is 0.625. The van der Waals surface area contributed by atoms with Gasteiger partial charge in [0.05, 0.1) is 0 Å². The van der Waals surface area contributed by atoms with Crippen LogP contribution in [0.2, 0.25) is 0 Å². The van der Waals surface area contributed by atoms with Gasteiger partial charge >= 0.3 is 0 Å². The molecule has 0 radical (unpaired) electrons. The first kappa shape index (κ1) is 14.9. The maximum absolute atomic E-state index is 5.70. The van der Waals surface area contributed by atoms with Crippen LogP contribution in [0.4, 0.5) is 0 Å². The lowest BCUT2D eigenvalue weighted by atomic mass is 9.93. The molecular weight excluding hydrogens is 252 g/mol. The number of nitrogens with zero attached hydrogens (tertiary/aromatic N) is 1. The smallest absolute Gasteiger partial charge is 0.0320 e. The van der Waals surface area contributed by atoms with E-state index < -0.39 is 0 Å². The molecule has 0 bridgehead atoms. The second-order valence-electron chi connectivity index (χ2n) is 5.53. The maximum Gasteiger partial charge on any atom is 0.0320 e. The third-order valence-corrected chi connectivity index (χ3v) is 5.01. The molecule has 19 heavy (non-hydrogen) atoms. The Morgan fingerprint density at radius 3 is 2.74 bits per heavy atom. The summed E-state index contributed by atoms with van der Waals surface area (Å²) in [5.41, 5.74) is 7.14. The van der Waals surface area contributed by atoms with Gasteiger partial charge in [0.1, 0.15) is 0 Å². The molecule has 2 unspecified atom stereocenters. The van der Waals surface area contributed by atoms with E-state index in [0.29, 0.717) is 6.04 Å². The van der Waals surface area contributed by atoms with Crippen LogP contribution in [0.5, 0.6) is 0 Å². The van der Waals surface area contributed by atoms with Gasteiger partial charge in [0.2, 0.25) is 0 Å². The van der Waals surface area contributed by atoms with Gasteiger partial charge in [-0.25, -0.2) is 0 Å². The van der Waals surface area contributed by atoms with Crippen molar-refractivity contribution in [1.29, 1.82) is 0 Å². The summed E-state index contributed by atoms with van der Waals surface area (Å²) in [6, 6.07) is 9.55. The fourth-order valence-corrected chi connectivity index (χ4v) is 3.42. The highest BCUT2D eigenvalue weighted by Crippen LogP contribution is 2.28. The van der Waals surface area contributed by atoms with Crippen molar-refractivity contribution in [2.24, 2.45) is 11.7 Å². The summed E-state index contributed by atoms with van der Waals surface area (Å²) in [4.78, 5) is 3.97. The van der Waals surface area contributed by atoms with Crippen LogP contribution in [0.3, 0.4) is 0 Å². The predicted molar refractivity (Wildman–Crippen MR) is 84.6 cm³/mol. The van der Waals surface area contributed by atoms with Crippen LogP contribution in [0, 0.1) is 5.92 Å². The van der Waals surface area contributed by atoms with Gasteiger partial charge < -0.3 is 5.73 Å². The van der Waals surface area contributed by atoms with E-state index in [4.69, 9.17) is 5.73 Å². The minimum Gasteiger partial charge on any atom is -0.330 e. The number of thioether (sulfide) groups is 1. The van der Waals surface area contributed by atoms with Crippen molar-refractivity contribution in [3.63, 3.8) is 0 Å². The number of rotatable bonds is 5. The van der Waals surface area contributed by atoms with Crippen molar-refractivity contribution in [3.05, 3.63) is 29.8 Å². The monoisotopic (exact) mass is 278 g/mol. The van der Waals surface area contributed by atoms with Gasteiger partial charge in [0.25, 0.3) is 0 Å². The van der Waals surface area contributed by atoms with Crippen LogP contribution in [0.25, 0.3) is 0 Å². The SMILES string of the molecule is CSc1ccc(C(C)N2CCCC(CCN)C2)cc1. The van der Waals surface area contributed by atoms with Crippen LogP contribution in [-0.4, -0.2) is 30.8 Å². The van der Waals surface area contributed by atoms with E-state index in [0.717, 1.165) is 12.5 Å². The molecule has 2 rings (SSSR count). The van der Waals surface area contributed by atoms with E-state index in [1.807, 2.05) is 0 Å². The highest BCUT2D eigenvalue weighted by Gasteiger charge is 2.23. The van der Waals surface area contributed by atoms with E-state index in [1.165, 1.54) is 42.8 Å². The summed E-state index contributed by atoms with van der Waals surface area (Å²) in [5, 5.41) is 0. The number of hydrogen-bond acceptors (Lipinski definition) is 3. The standard InChI is InChI=1S/C16H26N2S/c1-13(15-5-7-16(19-2)8-6-15)18-11-3-4-14(12-18)9-10-17/h5-8,13-14H,3-4,9-12,17H2,1-2H3. The molecule has 1 aromatic carbocycles. The molecule has 1 aliphatic heterocycles. The second-order valence-corrected chi connectivity index (χ2v) is 6.41. The van der Waals surface area contributed by atoms with Gasteiger partial charge in [-0.3, -0.25) is 4.90 Å². The Hall–Kier alpha value is -0.510. The van der Waals surface area contributed by atoms with E-state index >= 15 is 0 Å². The zero-order valence-electron chi connectivity index (χ0n) is 12.1. The Labute approximate surface area is 121 Å². The molecule has 1 aromatic rings. The molecule has 1 saturated heterocycles.